The van der Waals surface area contributed by atoms with Crippen LogP contribution in [0.5, 0.6) is 0 Å². The highest BCUT2D eigenvalue weighted by Crippen LogP contribution is 2.17. The van der Waals surface area contributed by atoms with Crippen LogP contribution in [0, 0.1) is 0 Å². The second kappa shape index (κ2) is 5.29. The molecule has 0 radical (unpaired) electrons. The third-order valence-corrected chi connectivity index (χ3v) is 1.04. The highest BCUT2D eigenvalue weighted by molar-refractivity contribution is 5.59. The molecule has 0 saturated heterocycles. The van der Waals surface area contributed by atoms with Gasteiger partial charge in [-0.2, -0.15) is 8.78 Å². The van der Waals surface area contributed by atoms with Gasteiger partial charge < -0.3 is 5.48 Å². The summed E-state index contributed by atoms with van der Waals surface area (Å²) >= 11 is 0. The Morgan fingerprint density at radius 1 is 1.50 bits per heavy atom. The van der Waals surface area contributed by atoms with E-state index in [9.17, 15) is 13.6 Å². The Kier molecular flexibility index (Phi) is 6.45. The lowest BCUT2D eigenvalue weighted by Crippen LogP contribution is -2.16. The van der Waals surface area contributed by atoms with Crippen molar-refractivity contribution in [1.82, 2.24) is 0 Å². The van der Waals surface area contributed by atoms with E-state index in [4.69, 9.17) is 0 Å². The fourth-order valence-corrected chi connectivity index (χ4v) is 0.471. The largest absolute Gasteiger partial charge is 0.412 e. The van der Waals surface area contributed by atoms with E-state index in [0.717, 1.165) is 0 Å². The molecular formula is C6H12F2O2. The van der Waals surface area contributed by atoms with Crippen molar-refractivity contribution in [3.63, 3.8) is 0 Å². The standard InChI is InChI=1S/C6H10F2O.H2O/c1-2-3-4-6(7,8)5-9;/h5H,2-4H2,1H3;1H2. The summed E-state index contributed by atoms with van der Waals surface area (Å²) in [5, 5.41) is 0. The van der Waals surface area contributed by atoms with Crippen molar-refractivity contribution in [3.8, 4) is 0 Å². The van der Waals surface area contributed by atoms with Gasteiger partial charge in [0.15, 0.2) is 6.29 Å². The number of unbranched alkanes of at least 4 members (excludes halogenated alkanes) is 1. The summed E-state index contributed by atoms with van der Waals surface area (Å²) in [4.78, 5) is 9.58. The van der Waals surface area contributed by atoms with E-state index >= 15 is 0 Å². The van der Waals surface area contributed by atoms with Gasteiger partial charge in [0.2, 0.25) is 0 Å². The van der Waals surface area contributed by atoms with Gasteiger partial charge >= 0.3 is 5.92 Å². The van der Waals surface area contributed by atoms with Gasteiger partial charge in [0.05, 0.1) is 0 Å². The lowest BCUT2D eigenvalue weighted by atomic mass is 10.2. The second-order valence-electron chi connectivity index (χ2n) is 1.98. The molecule has 0 bridgehead atoms. The van der Waals surface area contributed by atoms with Gasteiger partial charge in [0.1, 0.15) is 0 Å². The zero-order valence-electron chi connectivity index (χ0n) is 5.86. The molecule has 0 atom stereocenters. The molecule has 0 rings (SSSR count). The summed E-state index contributed by atoms with van der Waals surface area (Å²) in [6.45, 7) is 1.81. The molecule has 2 nitrogen and oxygen atoms in total. The molecule has 0 unspecified atom stereocenters. The van der Waals surface area contributed by atoms with Crippen LogP contribution in [-0.2, 0) is 4.79 Å². The molecule has 0 saturated carbocycles. The number of hydrogen-bond donors (Lipinski definition) is 0. The Bertz CT molecular complexity index is 93.7. The topological polar surface area (TPSA) is 48.6 Å². The summed E-state index contributed by atoms with van der Waals surface area (Å²) < 4.78 is 23.9. The molecule has 2 N–H and O–H groups in total. The van der Waals surface area contributed by atoms with Crippen LogP contribution in [0.2, 0.25) is 0 Å². The van der Waals surface area contributed by atoms with E-state index in [1.165, 1.54) is 0 Å². The zero-order chi connectivity index (χ0) is 7.33. The maximum Gasteiger partial charge on any atom is 0.302 e. The molecule has 10 heavy (non-hydrogen) atoms. The summed E-state index contributed by atoms with van der Waals surface area (Å²) in [7, 11) is 0. The van der Waals surface area contributed by atoms with E-state index in [1.54, 1.807) is 6.92 Å². The van der Waals surface area contributed by atoms with Crippen LogP contribution < -0.4 is 0 Å². The molecule has 0 fully saturated rings. The lowest BCUT2D eigenvalue weighted by molar-refractivity contribution is -0.130. The molecular weight excluding hydrogens is 142 g/mol. The normalized spacial score (nSPS) is 10.3. The molecule has 0 aromatic rings. The Hall–Kier alpha value is -0.510. The predicted octanol–water partition coefficient (Wildman–Crippen LogP) is 1.19. The summed E-state index contributed by atoms with van der Waals surface area (Å²) in [5.41, 5.74) is 0. The number of carbonyl (C=O) groups is 1. The molecule has 0 aliphatic heterocycles. The number of halogens is 2. The van der Waals surface area contributed by atoms with Crippen molar-refractivity contribution in [2.45, 2.75) is 32.1 Å². The number of aldehydes is 1. The van der Waals surface area contributed by atoms with Crippen molar-refractivity contribution >= 4 is 6.29 Å². The molecule has 0 heterocycles. The van der Waals surface area contributed by atoms with Crippen LogP contribution in [0.15, 0.2) is 0 Å². The van der Waals surface area contributed by atoms with Gasteiger partial charge in [0.25, 0.3) is 0 Å². The summed E-state index contributed by atoms with van der Waals surface area (Å²) in [5.74, 6) is -3.09. The molecule has 0 aromatic heterocycles. The van der Waals surface area contributed by atoms with E-state index < -0.39 is 5.92 Å². The highest BCUT2D eigenvalue weighted by atomic mass is 19.3. The maximum atomic E-state index is 12.0. The average Bonchev–Trinajstić information content (AvgIpc) is 1.84. The quantitative estimate of drug-likeness (QED) is 0.561. The third kappa shape index (κ3) is 5.62. The predicted molar refractivity (Wildman–Crippen MR) is 34.1 cm³/mol. The van der Waals surface area contributed by atoms with E-state index in [-0.39, 0.29) is 18.2 Å². The highest BCUT2D eigenvalue weighted by Gasteiger charge is 2.26. The summed E-state index contributed by atoms with van der Waals surface area (Å²) in [6.07, 6.45) is 0.505. The zero-order valence-corrected chi connectivity index (χ0v) is 5.86. The first-order valence-corrected chi connectivity index (χ1v) is 2.96. The minimum absolute atomic E-state index is 0. The molecule has 0 aliphatic carbocycles. The van der Waals surface area contributed by atoms with Crippen molar-refractivity contribution in [2.24, 2.45) is 0 Å². The van der Waals surface area contributed by atoms with Crippen LogP contribution in [0.3, 0.4) is 0 Å². The van der Waals surface area contributed by atoms with Crippen molar-refractivity contribution in [3.05, 3.63) is 0 Å². The van der Waals surface area contributed by atoms with Gasteiger partial charge in [-0.3, -0.25) is 4.79 Å². The SMILES string of the molecule is CCCCC(F)(F)C=O.O. The van der Waals surface area contributed by atoms with Crippen molar-refractivity contribution in [1.29, 1.82) is 0 Å². The molecule has 62 valence electrons. The lowest BCUT2D eigenvalue weighted by Gasteiger charge is -2.05. The smallest absolute Gasteiger partial charge is 0.302 e. The minimum atomic E-state index is -3.09. The van der Waals surface area contributed by atoms with Crippen LogP contribution in [-0.4, -0.2) is 17.7 Å². The van der Waals surface area contributed by atoms with E-state index in [1.807, 2.05) is 0 Å². The first-order chi connectivity index (χ1) is 4.12. The molecule has 0 aromatic carbocycles. The summed E-state index contributed by atoms with van der Waals surface area (Å²) in [6, 6.07) is 0. The molecule has 4 heteroatoms. The molecule has 0 amide bonds. The van der Waals surface area contributed by atoms with Crippen LogP contribution >= 0.6 is 0 Å². The van der Waals surface area contributed by atoms with Crippen molar-refractivity contribution < 1.29 is 19.1 Å². The number of hydrogen-bond acceptors (Lipinski definition) is 1. The maximum absolute atomic E-state index is 12.0. The second-order valence-corrected chi connectivity index (χ2v) is 1.98. The van der Waals surface area contributed by atoms with E-state index in [0.29, 0.717) is 12.8 Å². The Morgan fingerprint density at radius 3 is 2.30 bits per heavy atom. The first kappa shape index (κ1) is 12.2. The van der Waals surface area contributed by atoms with Crippen molar-refractivity contribution in [2.75, 3.05) is 0 Å². The first-order valence-electron chi connectivity index (χ1n) is 2.96. The van der Waals surface area contributed by atoms with Crippen LogP contribution in [0.4, 0.5) is 8.78 Å². The fourth-order valence-electron chi connectivity index (χ4n) is 0.471. The number of carbonyl (C=O) groups excluding carboxylic acids is 1. The fraction of sp³-hybridized carbons (Fsp3) is 0.833. The van der Waals surface area contributed by atoms with Crippen LogP contribution in [0.25, 0.3) is 0 Å². The van der Waals surface area contributed by atoms with Gasteiger partial charge in [-0.15, -0.1) is 0 Å². The average molecular weight is 154 g/mol. The van der Waals surface area contributed by atoms with Gasteiger partial charge in [-0.25, -0.2) is 0 Å². The number of rotatable bonds is 4. The van der Waals surface area contributed by atoms with Gasteiger partial charge in [-0.1, -0.05) is 13.3 Å². The molecule has 0 spiro atoms. The minimum Gasteiger partial charge on any atom is -0.412 e. The van der Waals surface area contributed by atoms with Gasteiger partial charge in [0, 0.05) is 6.42 Å². The Morgan fingerprint density at radius 2 is 2.00 bits per heavy atom. The Balaban J connectivity index is 0. The van der Waals surface area contributed by atoms with E-state index in [2.05, 4.69) is 0 Å². The van der Waals surface area contributed by atoms with Crippen LogP contribution in [0.1, 0.15) is 26.2 Å². The monoisotopic (exact) mass is 154 g/mol. The number of alkyl halides is 2. The van der Waals surface area contributed by atoms with Gasteiger partial charge in [-0.05, 0) is 6.42 Å². The molecule has 0 aliphatic rings. The third-order valence-electron chi connectivity index (χ3n) is 1.04. The Labute approximate surface area is 58.5 Å².